The maximum atomic E-state index is 11.2. The van der Waals surface area contributed by atoms with Crippen molar-refractivity contribution in [1.82, 2.24) is 5.32 Å². The van der Waals surface area contributed by atoms with Gasteiger partial charge in [0.2, 0.25) is 0 Å². The summed E-state index contributed by atoms with van der Waals surface area (Å²) in [5, 5.41) is 5.58. The lowest BCUT2D eigenvalue weighted by atomic mass is 10.1. The van der Waals surface area contributed by atoms with Crippen molar-refractivity contribution in [3.63, 3.8) is 0 Å². The molecule has 0 aromatic heterocycles. The topological polar surface area (TPSA) is 94.9 Å². The molecule has 1 aliphatic heterocycles. The average molecular weight is 286 g/mol. The SMILES string of the molecule is CCCCCN=[N+]=[N-].O=C1C=C(c2ccccc2)C(=O)N1. The van der Waals surface area contributed by atoms with Crippen molar-refractivity contribution < 1.29 is 9.59 Å². The Morgan fingerprint density at radius 1 is 1.19 bits per heavy atom. The second-order valence-corrected chi connectivity index (χ2v) is 4.40. The van der Waals surface area contributed by atoms with Crippen molar-refractivity contribution in [2.24, 2.45) is 5.11 Å². The van der Waals surface area contributed by atoms with Crippen LogP contribution in [0.15, 0.2) is 41.5 Å². The summed E-state index contributed by atoms with van der Waals surface area (Å²) in [5.41, 5.74) is 9.03. The number of nitrogens with zero attached hydrogens (tertiary/aromatic N) is 3. The molecule has 1 N–H and O–H groups in total. The molecule has 0 aliphatic carbocycles. The summed E-state index contributed by atoms with van der Waals surface area (Å²) in [7, 11) is 0. The van der Waals surface area contributed by atoms with E-state index >= 15 is 0 Å². The number of amides is 2. The molecule has 1 aromatic rings. The number of hydrogen-bond donors (Lipinski definition) is 1. The third-order valence-corrected chi connectivity index (χ3v) is 2.77. The predicted octanol–water partition coefficient (Wildman–Crippen LogP) is 3.21. The van der Waals surface area contributed by atoms with Crippen molar-refractivity contribution in [1.29, 1.82) is 0 Å². The fraction of sp³-hybridized carbons (Fsp3) is 0.333. The molecular weight excluding hydrogens is 268 g/mol. The average Bonchev–Trinajstić information content (AvgIpc) is 2.84. The van der Waals surface area contributed by atoms with Crippen molar-refractivity contribution >= 4 is 17.4 Å². The molecule has 1 heterocycles. The van der Waals surface area contributed by atoms with E-state index in [4.69, 9.17) is 5.53 Å². The molecule has 21 heavy (non-hydrogen) atoms. The van der Waals surface area contributed by atoms with Crippen LogP contribution in [0.5, 0.6) is 0 Å². The van der Waals surface area contributed by atoms with Crippen LogP contribution in [0.3, 0.4) is 0 Å². The number of carbonyl (C=O) groups excluding carboxylic acids is 2. The molecule has 0 saturated carbocycles. The van der Waals surface area contributed by atoms with Gasteiger partial charge >= 0.3 is 0 Å². The van der Waals surface area contributed by atoms with Crippen molar-refractivity contribution in [2.45, 2.75) is 26.2 Å². The van der Waals surface area contributed by atoms with Crippen LogP contribution in [0.1, 0.15) is 31.7 Å². The van der Waals surface area contributed by atoms with Gasteiger partial charge in [0.1, 0.15) is 0 Å². The summed E-state index contributed by atoms with van der Waals surface area (Å²) in [6.45, 7) is 2.78. The molecule has 0 unspecified atom stereocenters. The van der Waals surface area contributed by atoms with Gasteiger partial charge in [-0.2, -0.15) is 0 Å². The van der Waals surface area contributed by atoms with Crippen LogP contribution in [0.25, 0.3) is 16.0 Å². The maximum absolute atomic E-state index is 11.2. The normalized spacial score (nSPS) is 12.7. The van der Waals surface area contributed by atoms with Crippen LogP contribution in [-0.4, -0.2) is 18.4 Å². The minimum Gasteiger partial charge on any atom is -0.289 e. The Morgan fingerprint density at radius 3 is 2.43 bits per heavy atom. The molecule has 1 aromatic carbocycles. The van der Waals surface area contributed by atoms with E-state index < -0.39 is 0 Å². The predicted molar refractivity (Wildman–Crippen MR) is 81.1 cm³/mol. The Balaban J connectivity index is 0.000000240. The maximum Gasteiger partial charge on any atom is 0.258 e. The molecule has 0 radical (unpaired) electrons. The van der Waals surface area contributed by atoms with Gasteiger partial charge in [0, 0.05) is 17.5 Å². The molecule has 110 valence electrons. The highest BCUT2D eigenvalue weighted by molar-refractivity contribution is 6.33. The fourth-order valence-corrected chi connectivity index (χ4v) is 1.72. The Hall–Kier alpha value is -2.59. The summed E-state index contributed by atoms with van der Waals surface area (Å²) in [5.74, 6) is -0.667. The highest BCUT2D eigenvalue weighted by Gasteiger charge is 2.21. The Morgan fingerprint density at radius 2 is 1.90 bits per heavy atom. The second kappa shape index (κ2) is 9.34. The van der Waals surface area contributed by atoms with Gasteiger partial charge in [0.05, 0.1) is 5.57 Å². The minimum atomic E-state index is -0.344. The van der Waals surface area contributed by atoms with Crippen LogP contribution in [-0.2, 0) is 9.59 Å². The first-order chi connectivity index (χ1) is 10.2. The lowest BCUT2D eigenvalue weighted by Gasteiger charge is -1.97. The van der Waals surface area contributed by atoms with Crippen LogP contribution in [0, 0.1) is 0 Å². The molecule has 0 fully saturated rings. The van der Waals surface area contributed by atoms with Crippen LogP contribution < -0.4 is 5.32 Å². The van der Waals surface area contributed by atoms with Crippen molar-refractivity contribution in [3.8, 4) is 0 Å². The van der Waals surface area contributed by atoms with Crippen molar-refractivity contribution in [3.05, 3.63) is 52.4 Å². The molecule has 0 atom stereocenters. The second-order valence-electron chi connectivity index (χ2n) is 4.40. The number of azide groups is 1. The van der Waals surface area contributed by atoms with Gasteiger partial charge < -0.3 is 0 Å². The van der Waals surface area contributed by atoms with E-state index in [9.17, 15) is 9.59 Å². The first kappa shape index (κ1) is 16.5. The highest BCUT2D eigenvalue weighted by atomic mass is 16.2. The number of nitrogens with one attached hydrogen (secondary N) is 1. The van der Waals surface area contributed by atoms with Crippen LogP contribution in [0.4, 0.5) is 0 Å². The third kappa shape index (κ3) is 5.93. The third-order valence-electron chi connectivity index (χ3n) is 2.77. The molecule has 2 rings (SSSR count). The lowest BCUT2D eigenvalue weighted by molar-refractivity contribution is -0.123. The summed E-state index contributed by atoms with van der Waals surface area (Å²) in [6.07, 6.45) is 4.69. The minimum absolute atomic E-state index is 0.323. The summed E-state index contributed by atoms with van der Waals surface area (Å²) in [6, 6.07) is 9.10. The van der Waals surface area contributed by atoms with E-state index in [0.717, 1.165) is 12.0 Å². The first-order valence-electron chi connectivity index (χ1n) is 6.82. The Bertz CT molecular complexity index is 560. The Kier molecular flexibility index (Phi) is 7.32. The molecule has 1 aliphatic rings. The van der Waals surface area contributed by atoms with Gasteiger partial charge in [0.15, 0.2) is 0 Å². The van der Waals surface area contributed by atoms with Gasteiger partial charge in [-0.15, -0.1) is 0 Å². The number of hydrogen-bond acceptors (Lipinski definition) is 3. The molecule has 6 heteroatoms. The highest BCUT2D eigenvalue weighted by Crippen LogP contribution is 2.16. The zero-order valence-electron chi connectivity index (χ0n) is 12.0. The standard InChI is InChI=1S/C10H7NO2.C5H11N3/c12-9-6-8(10(13)11-9)7-4-2-1-3-5-7;1-2-3-4-5-7-8-6/h1-6H,(H,11,12,13);2-5H2,1H3. The summed E-state index contributed by atoms with van der Waals surface area (Å²) >= 11 is 0. The first-order valence-corrected chi connectivity index (χ1v) is 6.82. The number of carbonyl (C=O) groups is 2. The largest absolute Gasteiger partial charge is 0.289 e. The van der Waals surface area contributed by atoms with Gasteiger partial charge in [-0.1, -0.05) is 55.2 Å². The van der Waals surface area contributed by atoms with Gasteiger partial charge in [-0.25, -0.2) is 0 Å². The molecule has 6 nitrogen and oxygen atoms in total. The van der Waals surface area contributed by atoms with Gasteiger partial charge in [-0.3, -0.25) is 14.9 Å². The number of benzene rings is 1. The Labute approximate surface area is 123 Å². The van der Waals surface area contributed by atoms with Gasteiger partial charge in [-0.05, 0) is 17.5 Å². The van der Waals surface area contributed by atoms with E-state index in [1.165, 1.54) is 18.9 Å². The zero-order valence-corrected chi connectivity index (χ0v) is 12.0. The van der Waals surface area contributed by atoms with E-state index in [1.807, 2.05) is 18.2 Å². The van der Waals surface area contributed by atoms with Crippen LogP contribution >= 0.6 is 0 Å². The summed E-state index contributed by atoms with van der Waals surface area (Å²) < 4.78 is 0. The number of imide groups is 1. The number of rotatable bonds is 5. The van der Waals surface area contributed by atoms with E-state index in [2.05, 4.69) is 22.3 Å². The monoisotopic (exact) mass is 286 g/mol. The van der Waals surface area contributed by atoms with Gasteiger partial charge in [0.25, 0.3) is 11.8 Å². The molecular formula is C15H18N4O2. The molecule has 0 spiro atoms. The van der Waals surface area contributed by atoms with Crippen molar-refractivity contribution in [2.75, 3.05) is 6.54 Å². The van der Waals surface area contributed by atoms with E-state index in [1.54, 1.807) is 12.1 Å². The molecule has 0 saturated heterocycles. The fourth-order valence-electron chi connectivity index (χ4n) is 1.72. The molecule has 2 amide bonds. The van der Waals surface area contributed by atoms with Crippen LogP contribution in [0.2, 0.25) is 0 Å². The smallest absolute Gasteiger partial charge is 0.258 e. The number of unbranched alkanes of at least 4 members (excludes halogenated alkanes) is 2. The lowest BCUT2D eigenvalue weighted by Crippen LogP contribution is -2.21. The zero-order chi connectivity index (χ0) is 15.5. The quantitative estimate of drug-likeness (QED) is 0.296. The molecule has 0 bridgehead atoms. The summed E-state index contributed by atoms with van der Waals surface area (Å²) in [4.78, 5) is 24.6. The van der Waals surface area contributed by atoms with E-state index in [0.29, 0.717) is 12.1 Å². The van der Waals surface area contributed by atoms with E-state index in [-0.39, 0.29) is 11.8 Å².